The number of benzene rings is 1. The number of hydrogen-bond donors (Lipinski definition) is 1. The largest absolute Gasteiger partial charge is 0.313 e. The van der Waals surface area contributed by atoms with Gasteiger partial charge in [0.1, 0.15) is 5.82 Å². The maximum Gasteiger partial charge on any atom is 0.270 e. The van der Waals surface area contributed by atoms with Gasteiger partial charge < -0.3 is 5.32 Å². The van der Waals surface area contributed by atoms with Crippen LogP contribution in [-0.4, -0.2) is 18.0 Å². The van der Waals surface area contributed by atoms with E-state index >= 15 is 0 Å². The maximum atomic E-state index is 13.6. The summed E-state index contributed by atoms with van der Waals surface area (Å²) in [6.07, 6.45) is 1.63. The highest BCUT2D eigenvalue weighted by atomic mass is 19.1. The molecule has 5 heteroatoms. The van der Waals surface area contributed by atoms with Crippen LogP contribution in [-0.2, 0) is 0 Å². The topological polar surface area (TPSA) is 55.2 Å². The number of halogens is 1. The van der Waals surface area contributed by atoms with Crippen LogP contribution >= 0.6 is 0 Å². The Morgan fingerprint density at radius 3 is 2.79 bits per heavy atom. The van der Waals surface area contributed by atoms with E-state index in [-0.39, 0.29) is 11.3 Å². The Morgan fingerprint density at radius 1 is 1.53 bits per heavy atom. The lowest BCUT2D eigenvalue weighted by Gasteiger charge is -2.07. The van der Waals surface area contributed by atoms with Crippen molar-refractivity contribution in [3.8, 4) is 0 Å². The second kappa shape index (κ2) is 6.99. The fourth-order valence-corrected chi connectivity index (χ4v) is 1.63. The Balaban J connectivity index is 2.79. The standard InChI is InChI=1S/C14H19FN2O2/c1-10(2)8-16-9-11(3)6-12-7-13(17(18)19)4-5-14(12)15/h4-7,10,16H,8-9H2,1-3H3/b11-6+. The zero-order chi connectivity index (χ0) is 14.4. The van der Waals surface area contributed by atoms with E-state index in [0.717, 1.165) is 18.2 Å². The van der Waals surface area contributed by atoms with Gasteiger partial charge in [-0.3, -0.25) is 10.1 Å². The molecule has 1 rings (SSSR count). The molecule has 0 spiro atoms. The minimum absolute atomic E-state index is 0.101. The van der Waals surface area contributed by atoms with Crippen LogP contribution in [0.5, 0.6) is 0 Å². The van der Waals surface area contributed by atoms with E-state index in [2.05, 4.69) is 19.2 Å². The van der Waals surface area contributed by atoms with Crippen molar-refractivity contribution < 1.29 is 9.31 Å². The molecule has 0 aliphatic carbocycles. The SMILES string of the molecule is C/C(=C\c1cc([N+](=O)[O-])ccc1F)CNCC(C)C. The summed E-state index contributed by atoms with van der Waals surface area (Å²) in [5.74, 6) is 0.0937. The van der Waals surface area contributed by atoms with E-state index in [1.807, 2.05) is 6.92 Å². The molecule has 19 heavy (non-hydrogen) atoms. The lowest BCUT2D eigenvalue weighted by molar-refractivity contribution is -0.384. The van der Waals surface area contributed by atoms with Gasteiger partial charge in [-0.2, -0.15) is 0 Å². The molecule has 0 bridgehead atoms. The molecular weight excluding hydrogens is 247 g/mol. The first-order valence-electron chi connectivity index (χ1n) is 6.22. The average Bonchev–Trinajstić information content (AvgIpc) is 2.31. The number of rotatable bonds is 6. The lowest BCUT2D eigenvalue weighted by Crippen LogP contribution is -2.21. The summed E-state index contributed by atoms with van der Waals surface area (Å²) in [4.78, 5) is 10.1. The monoisotopic (exact) mass is 266 g/mol. The van der Waals surface area contributed by atoms with Gasteiger partial charge in [0.25, 0.3) is 5.69 Å². The first-order chi connectivity index (χ1) is 8.90. The molecule has 0 aliphatic heterocycles. The molecular formula is C14H19FN2O2. The molecule has 1 aromatic carbocycles. The summed E-state index contributed by atoms with van der Waals surface area (Å²) in [6.45, 7) is 7.59. The number of non-ortho nitro benzene ring substituents is 1. The van der Waals surface area contributed by atoms with E-state index in [1.54, 1.807) is 6.08 Å². The Labute approximate surface area is 112 Å². The summed E-state index contributed by atoms with van der Waals surface area (Å²) in [7, 11) is 0. The van der Waals surface area contributed by atoms with E-state index in [1.165, 1.54) is 12.1 Å². The number of nitro benzene ring substituents is 1. The molecule has 0 saturated heterocycles. The molecule has 1 N–H and O–H groups in total. The van der Waals surface area contributed by atoms with Gasteiger partial charge in [-0.15, -0.1) is 0 Å². The third kappa shape index (κ3) is 5.18. The molecule has 1 aromatic rings. The molecule has 0 aliphatic rings. The highest BCUT2D eigenvalue weighted by Gasteiger charge is 2.09. The van der Waals surface area contributed by atoms with Gasteiger partial charge in [0.2, 0.25) is 0 Å². The Bertz CT molecular complexity index is 484. The molecule has 0 heterocycles. The van der Waals surface area contributed by atoms with Crippen molar-refractivity contribution in [2.45, 2.75) is 20.8 Å². The van der Waals surface area contributed by atoms with Crippen LogP contribution in [0.15, 0.2) is 23.8 Å². The van der Waals surface area contributed by atoms with Gasteiger partial charge in [0, 0.05) is 24.2 Å². The van der Waals surface area contributed by atoms with Crippen molar-refractivity contribution in [3.63, 3.8) is 0 Å². The summed E-state index contributed by atoms with van der Waals surface area (Å²) in [6, 6.07) is 3.54. The second-order valence-corrected chi connectivity index (χ2v) is 4.98. The summed E-state index contributed by atoms with van der Waals surface area (Å²) in [5.41, 5.74) is 1.08. The van der Waals surface area contributed by atoms with Crippen LogP contribution in [0.1, 0.15) is 26.3 Å². The van der Waals surface area contributed by atoms with Gasteiger partial charge in [-0.05, 0) is 25.5 Å². The van der Waals surface area contributed by atoms with E-state index < -0.39 is 10.7 Å². The predicted octanol–water partition coefficient (Wildman–Crippen LogP) is 3.38. The highest BCUT2D eigenvalue weighted by Crippen LogP contribution is 2.19. The Kier molecular flexibility index (Phi) is 5.63. The van der Waals surface area contributed by atoms with Gasteiger partial charge in [-0.25, -0.2) is 4.39 Å². The summed E-state index contributed by atoms with van der Waals surface area (Å²) >= 11 is 0. The van der Waals surface area contributed by atoms with E-state index in [4.69, 9.17) is 0 Å². The highest BCUT2D eigenvalue weighted by molar-refractivity contribution is 5.56. The molecule has 0 atom stereocenters. The lowest BCUT2D eigenvalue weighted by atomic mass is 10.1. The van der Waals surface area contributed by atoms with Crippen LogP contribution in [0.25, 0.3) is 6.08 Å². The van der Waals surface area contributed by atoms with E-state index in [0.29, 0.717) is 12.5 Å². The molecule has 4 nitrogen and oxygen atoms in total. The minimum Gasteiger partial charge on any atom is -0.313 e. The molecule has 0 aromatic heterocycles. The van der Waals surface area contributed by atoms with Crippen LogP contribution in [0.3, 0.4) is 0 Å². The quantitative estimate of drug-likeness (QED) is 0.634. The summed E-state index contributed by atoms with van der Waals surface area (Å²) < 4.78 is 13.6. The first kappa shape index (κ1) is 15.3. The normalized spacial score (nSPS) is 11.9. The predicted molar refractivity (Wildman–Crippen MR) is 74.4 cm³/mol. The van der Waals surface area contributed by atoms with Gasteiger partial charge in [-0.1, -0.05) is 25.5 Å². The van der Waals surface area contributed by atoms with Crippen molar-refractivity contribution in [2.24, 2.45) is 5.92 Å². The average molecular weight is 266 g/mol. The number of nitrogens with zero attached hydrogens (tertiary/aromatic N) is 1. The number of nitrogens with one attached hydrogen (secondary N) is 1. The Hall–Kier alpha value is -1.75. The first-order valence-corrected chi connectivity index (χ1v) is 6.22. The fraction of sp³-hybridized carbons (Fsp3) is 0.429. The molecule has 0 radical (unpaired) electrons. The third-order valence-electron chi connectivity index (χ3n) is 2.55. The van der Waals surface area contributed by atoms with Crippen LogP contribution in [0, 0.1) is 21.8 Å². The van der Waals surface area contributed by atoms with Crippen LogP contribution < -0.4 is 5.32 Å². The van der Waals surface area contributed by atoms with Gasteiger partial charge in [0.05, 0.1) is 4.92 Å². The van der Waals surface area contributed by atoms with Crippen LogP contribution in [0.2, 0.25) is 0 Å². The molecule has 0 saturated carbocycles. The smallest absolute Gasteiger partial charge is 0.270 e. The Morgan fingerprint density at radius 2 is 2.21 bits per heavy atom. The van der Waals surface area contributed by atoms with Crippen LogP contribution in [0.4, 0.5) is 10.1 Å². The van der Waals surface area contributed by atoms with Crippen molar-refractivity contribution >= 4 is 11.8 Å². The number of hydrogen-bond acceptors (Lipinski definition) is 3. The molecule has 0 amide bonds. The second-order valence-electron chi connectivity index (χ2n) is 4.98. The van der Waals surface area contributed by atoms with E-state index in [9.17, 15) is 14.5 Å². The van der Waals surface area contributed by atoms with Gasteiger partial charge >= 0.3 is 0 Å². The van der Waals surface area contributed by atoms with Crippen molar-refractivity contribution in [1.82, 2.24) is 5.32 Å². The molecule has 104 valence electrons. The van der Waals surface area contributed by atoms with Gasteiger partial charge in [0.15, 0.2) is 0 Å². The fourth-order valence-electron chi connectivity index (χ4n) is 1.63. The zero-order valence-corrected chi connectivity index (χ0v) is 11.4. The molecule has 0 fully saturated rings. The molecule has 0 unspecified atom stereocenters. The number of nitro groups is 1. The minimum atomic E-state index is -0.525. The van der Waals surface area contributed by atoms with Crippen molar-refractivity contribution in [1.29, 1.82) is 0 Å². The summed E-state index contributed by atoms with van der Waals surface area (Å²) in [5, 5.41) is 13.9. The zero-order valence-electron chi connectivity index (χ0n) is 11.4. The maximum absolute atomic E-state index is 13.6. The third-order valence-corrected chi connectivity index (χ3v) is 2.55. The van der Waals surface area contributed by atoms with Crippen molar-refractivity contribution in [2.75, 3.05) is 13.1 Å². The van der Waals surface area contributed by atoms with Crippen molar-refractivity contribution in [3.05, 3.63) is 45.3 Å².